The molecule has 3 aliphatic rings. The van der Waals surface area contributed by atoms with Crippen LogP contribution in [0, 0.1) is 5.92 Å². The van der Waals surface area contributed by atoms with Crippen LogP contribution in [0.1, 0.15) is 19.8 Å². The summed E-state index contributed by atoms with van der Waals surface area (Å²) in [6.07, 6.45) is -2.00. The number of ether oxygens (including phenoxy) is 2. The van der Waals surface area contributed by atoms with E-state index in [1.54, 1.807) is 13.2 Å². The molecule has 168 valence electrons. The van der Waals surface area contributed by atoms with Crippen LogP contribution in [-0.4, -0.2) is 100 Å². The van der Waals surface area contributed by atoms with Crippen LogP contribution >= 0.6 is 23.4 Å². The number of amides is 1. The zero-order chi connectivity index (χ0) is 21.3. The second-order valence-electron chi connectivity index (χ2n) is 8.15. The first-order chi connectivity index (χ1) is 13.7. The van der Waals surface area contributed by atoms with Crippen molar-refractivity contribution in [3.63, 3.8) is 0 Å². The van der Waals surface area contributed by atoms with Gasteiger partial charge in [-0.05, 0) is 26.0 Å². The zero-order valence-electron chi connectivity index (χ0n) is 16.6. The molecule has 3 fully saturated rings. The molecular weight excluding hydrogens is 422 g/mol. The fraction of sp³-hybridized carbons (Fsp3) is 0.944. The van der Waals surface area contributed by atoms with Crippen LogP contribution in [0.4, 0.5) is 0 Å². The van der Waals surface area contributed by atoms with E-state index in [4.69, 9.17) is 26.8 Å². The number of alkyl halides is 1. The monoisotopic (exact) mass is 453 g/mol. The summed E-state index contributed by atoms with van der Waals surface area (Å²) in [4.78, 5) is 13.1. The summed E-state index contributed by atoms with van der Waals surface area (Å²) in [5, 5.41) is 36.2. The normalized spacial score (nSPS) is 45.1. The minimum atomic E-state index is -1.40. The van der Waals surface area contributed by atoms with Crippen molar-refractivity contribution in [1.29, 1.82) is 0 Å². The molecule has 29 heavy (non-hydrogen) atoms. The molecule has 0 aliphatic carbocycles. The van der Waals surface area contributed by atoms with Gasteiger partial charge >= 0.3 is 0 Å². The van der Waals surface area contributed by atoms with E-state index in [1.165, 1.54) is 11.8 Å². The second-order valence-corrected chi connectivity index (χ2v) is 9.78. The molecule has 0 bridgehead atoms. The van der Waals surface area contributed by atoms with Gasteiger partial charge in [-0.1, -0.05) is 0 Å². The maximum absolute atomic E-state index is 13.1. The molecule has 4 unspecified atom stereocenters. The third kappa shape index (κ3) is 5.02. The number of halogens is 1. The van der Waals surface area contributed by atoms with E-state index >= 15 is 0 Å². The third-order valence-electron chi connectivity index (χ3n) is 6.08. The summed E-state index contributed by atoms with van der Waals surface area (Å²) in [6, 6.07) is -1.27. The number of hydrogen-bond acceptors (Lipinski definition) is 9. The van der Waals surface area contributed by atoms with Crippen molar-refractivity contribution in [3.05, 3.63) is 0 Å². The molecule has 3 aliphatic heterocycles. The van der Waals surface area contributed by atoms with Crippen molar-refractivity contribution in [1.82, 2.24) is 10.6 Å². The molecule has 0 aromatic heterocycles. The highest BCUT2D eigenvalue weighted by molar-refractivity contribution is 7.99. The van der Waals surface area contributed by atoms with Crippen LogP contribution in [0.15, 0.2) is 0 Å². The van der Waals surface area contributed by atoms with E-state index in [0.717, 1.165) is 12.8 Å². The van der Waals surface area contributed by atoms with Crippen LogP contribution in [-0.2, 0) is 14.3 Å². The number of hydrogen-bond donors (Lipinski definition) is 6. The van der Waals surface area contributed by atoms with Gasteiger partial charge in [0, 0.05) is 25.1 Å². The minimum absolute atomic E-state index is 0.0615. The molecule has 3 rings (SSSR count). The van der Waals surface area contributed by atoms with Gasteiger partial charge < -0.3 is 41.2 Å². The number of nitrogens with one attached hydrogen (secondary N) is 2. The lowest BCUT2D eigenvalue weighted by molar-refractivity contribution is -0.205. The molecule has 9 nitrogen and oxygen atoms in total. The summed E-state index contributed by atoms with van der Waals surface area (Å²) in [5.41, 5.74) is 5.34. The molecule has 0 aromatic carbocycles. The lowest BCUT2D eigenvalue weighted by Gasteiger charge is -2.44. The van der Waals surface area contributed by atoms with E-state index in [2.05, 4.69) is 10.6 Å². The molecule has 11 atom stereocenters. The van der Waals surface area contributed by atoms with Crippen molar-refractivity contribution in [3.8, 4) is 0 Å². The van der Waals surface area contributed by atoms with E-state index in [-0.39, 0.29) is 24.0 Å². The van der Waals surface area contributed by atoms with Crippen molar-refractivity contribution in [2.24, 2.45) is 11.7 Å². The largest absolute Gasteiger partial charge is 0.388 e. The van der Waals surface area contributed by atoms with Gasteiger partial charge in [-0.15, -0.1) is 23.4 Å². The maximum atomic E-state index is 13.1. The van der Waals surface area contributed by atoms with E-state index in [9.17, 15) is 20.1 Å². The first-order valence-electron chi connectivity index (χ1n) is 10.0. The molecule has 7 N–H and O–H groups in total. The van der Waals surface area contributed by atoms with Crippen LogP contribution in [0.25, 0.3) is 0 Å². The average Bonchev–Trinajstić information content (AvgIpc) is 2.97. The molecule has 0 aromatic rings. The maximum Gasteiger partial charge on any atom is 0.240 e. The van der Waals surface area contributed by atoms with Crippen molar-refractivity contribution in [2.75, 3.05) is 19.4 Å². The highest BCUT2D eigenvalue weighted by Gasteiger charge is 2.49. The van der Waals surface area contributed by atoms with Gasteiger partial charge in [0.05, 0.1) is 17.5 Å². The summed E-state index contributed by atoms with van der Waals surface area (Å²) in [5.74, 6) is -0.146. The Bertz CT molecular complexity index is 574. The van der Waals surface area contributed by atoms with Gasteiger partial charge in [0.1, 0.15) is 35.9 Å². The van der Waals surface area contributed by atoms with Gasteiger partial charge in [0.2, 0.25) is 5.91 Å². The van der Waals surface area contributed by atoms with Crippen LogP contribution < -0.4 is 16.4 Å². The van der Waals surface area contributed by atoms with Crippen molar-refractivity contribution in [2.45, 2.75) is 79.2 Å². The van der Waals surface area contributed by atoms with Crippen LogP contribution in [0.3, 0.4) is 0 Å². The Kier molecular flexibility index (Phi) is 8.08. The predicted octanol–water partition coefficient (Wildman–Crippen LogP) is -1.64. The summed E-state index contributed by atoms with van der Waals surface area (Å²) in [7, 11) is 0. The number of aliphatic hydroxyl groups excluding tert-OH is 3. The minimum Gasteiger partial charge on any atom is -0.388 e. The Hall–Kier alpha value is -0.170. The van der Waals surface area contributed by atoms with Gasteiger partial charge in [0.15, 0.2) is 0 Å². The number of nitrogens with two attached hydrogens (primary N) is 1. The molecule has 0 radical (unpaired) electrons. The van der Waals surface area contributed by atoms with Crippen molar-refractivity contribution >= 4 is 29.3 Å². The van der Waals surface area contributed by atoms with Crippen LogP contribution in [0.2, 0.25) is 0 Å². The molecular formula is C18H32ClN3O6S. The Morgan fingerprint density at radius 1 is 1.31 bits per heavy atom. The Labute approximate surface area is 180 Å². The van der Waals surface area contributed by atoms with E-state index in [0.29, 0.717) is 13.2 Å². The summed E-state index contributed by atoms with van der Waals surface area (Å²) >= 11 is 7.54. The molecule has 11 heteroatoms. The topological polar surface area (TPSA) is 146 Å². The number of fused-ring (bicyclic) bond motifs is 1. The molecule has 1 amide bonds. The van der Waals surface area contributed by atoms with Gasteiger partial charge in [0.25, 0.3) is 0 Å². The highest BCUT2D eigenvalue weighted by atomic mass is 35.5. The number of thioether (sulfide) groups is 1. The SMILES string of the molecule is CSC1O[C@H]([C@H](NC(=O)[C@H]2NC[C@@H]3CC(N)CCO[C@H]32)[C@H](C)Cl)C(O)C(O)[C@H]1O. The first kappa shape index (κ1) is 23.5. The lowest BCUT2D eigenvalue weighted by Crippen LogP contribution is -2.65. The van der Waals surface area contributed by atoms with Gasteiger partial charge in [-0.2, -0.15) is 0 Å². The number of carbonyl (C=O) groups is 1. The molecule has 0 saturated carbocycles. The average molecular weight is 454 g/mol. The molecule has 3 saturated heterocycles. The van der Waals surface area contributed by atoms with Gasteiger partial charge in [-0.25, -0.2) is 0 Å². The lowest BCUT2D eigenvalue weighted by atomic mass is 9.92. The first-order valence-corrected chi connectivity index (χ1v) is 11.7. The highest BCUT2D eigenvalue weighted by Crippen LogP contribution is 2.31. The predicted molar refractivity (Wildman–Crippen MR) is 110 cm³/mol. The number of rotatable bonds is 5. The molecule has 3 heterocycles. The fourth-order valence-electron chi connectivity index (χ4n) is 4.41. The Morgan fingerprint density at radius 3 is 2.69 bits per heavy atom. The number of carbonyl (C=O) groups excluding carboxylic acids is 1. The van der Waals surface area contributed by atoms with Gasteiger partial charge in [-0.3, -0.25) is 4.79 Å². The standard InChI is InChI=1S/C18H32ClN3O6S/c1-7(19)10(16-13(24)12(23)14(25)18(28-16)29-2)22-17(26)11-15-8(6-21-11)5-9(20)3-4-27-15/h7-16,18,21,23-25H,3-6,20H2,1-2H3,(H,22,26)/t7-,8-,9?,10+,11-,12?,13?,14+,15+,16+,18?/m0/s1. The quantitative estimate of drug-likeness (QED) is 0.270. The Balaban J connectivity index is 1.71. The molecule has 0 spiro atoms. The number of aliphatic hydroxyl groups is 3. The third-order valence-corrected chi connectivity index (χ3v) is 7.20. The van der Waals surface area contributed by atoms with E-state index < -0.39 is 47.3 Å². The summed E-state index contributed by atoms with van der Waals surface area (Å²) < 4.78 is 11.7. The smallest absolute Gasteiger partial charge is 0.240 e. The Morgan fingerprint density at radius 2 is 2.03 bits per heavy atom. The second kappa shape index (κ2) is 9.97. The van der Waals surface area contributed by atoms with Crippen molar-refractivity contribution < 1.29 is 29.6 Å². The van der Waals surface area contributed by atoms with Crippen LogP contribution in [0.5, 0.6) is 0 Å². The fourth-order valence-corrected chi connectivity index (χ4v) is 5.30. The zero-order valence-corrected chi connectivity index (χ0v) is 18.2. The summed E-state index contributed by atoms with van der Waals surface area (Å²) in [6.45, 7) is 2.83. The van der Waals surface area contributed by atoms with E-state index in [1.807, 2.05) is 0 Å².